The van der Waals surface area contributed by atoms with Gasteiger partial charge in [0.25, 0.3) is 11.8 Å². The number of fused-ring (bicyclic) bond motifs is 1. The van der Waals surface area contributed by atoms with Crippen molar-refractivity contribution in [3.8, 4) is 5.75 Å². The highest BCUT2D eigenvalue weighted by Gasteiger charge is 2.27. The molecule has 194 valence electrons. The lowest BCUT2D eigenvalue weighted by atomic mass is 10.1. The number of benzene rings is 2. The van der Waals surface area contributed by atoms with Crippen LogP contribution in [0.25, 0.3) is 0 Å². The molecule has 0 spiro atoms. The summed E-state index contributed by atoms with van der Waals surface area (Å²) in [4.78, 5) is 29.4. The molecule has 0 aromatic heterocycles. The highest BCUT2D eigenvalue weighted by Crippen LogP contribution is 2.34. The maximum atomic E-state index is 12.8. The van der Waals surface area contributed by atoms with E-state index in [9.17, 15) is 18.0 Å². The first-order valence-electron chi connectivity index (χ1n) is 12.1. The molecule has 36 heavy (non-hydrogen) atoms. The van der Waals surface area contributed by atoms with Crippen LogP contribution < -0.4 is 15.0 Å². The zero-order valence-corrected chi connectivity index (χ0v) is 21.4. The third kappa shape index (κ3) is 5.70. The average molecular weight is 517 g/mol. The van der Waals surface area contributed by atoms with E-state index in [4.69, 9.17) is 9.47 Å². The Kier molecular flexibility index (Phi) is 8.24. The Bertz CT molecular complexity index is 1190. The maximum absolute atomic E-state index is 12.8. The highest BCUT2D eigenvalue weighted by molar-refractivity contribution is 7.89. The number of nitrogens with zero attached hydrogens (tertiary/aromatic N) is 3. The lowest BCUT2D eigenvalue weighted by Gasteiger charge is -2.33. The van der Waals surface area contributed by atoms with Gasteiger partial charge in [0, 0.05) is 56.6 Å². The fourth-order valence-electron chi connectivity index (χ4n) is 4.29. The fraction of sp³-hybridized carbons (Fsp3) is 0.440. The molecule has 2 amide bonds. The number of sulfonamides is 1. The van der Waals surface area contributed by atoms with Crippen molar-refractivity contribution in [3.63, 3.8) is 0 Å². The van der Waals surface area contributed by atoms with Gasteiger partial charge in [0.05, 0.1) is 23.8 Å². The van der Waals surface area contributed by atoms with Crippen molar-refractivity contribution >= 4 is 33.2 Å². The summed E-state index contributed by atoms with van der Waals surface area (Å²) in [5.41, 5.74) is 1.51. The van der Waals surface area contributed by atoms with Gasteiger partial charge in [-0.3, -0.25) is 14.5 Å². The van der Waals surface area contributed by atoms with E-state index in [1.165, 1.54) is 28.6 Å². The number of carbonyl (C=O) groups is 2. The molecular weight excluding hydrogens is 484 g/mol. The predicted molar refractivity (Wildman–Crippen MR) is 136 cm³/mol. The number of amides is 2. The van der Waals surface area contributed by atoms with Gasteiger partial charge in [-0.1, -0.05) is 13.8 Å². The van der Waals surface area contributed by atoms with Crippen LogP contribution in [0.4, 0.5) is 11.4 Å². The van der Waals surface area contributed by atoms with Gasteiger partial charge in [0.2, 0.25) is 10.0 Å². The quantitative estimate of drug-likeness (QED) is 0.543. The van der Waals surface area contributed by atoms with Gasteiger partial charge >= 0.3 is 0 Å². The minimum atomic E-state index is -3.59. The molecule has 0 unspecified atom stereocenters. The van der Waals surface area contributed by atoms with Gasteiger partial charge in [-0.2, -0.15) is 4.31 Å². The van der Waals surface area contributed by atoms with Gasteiger partial charge in [-0.05, 0) is 36.4 Å². The van der Waals surface area contributed by atoms with Crippen LogP contribution in [-0.4, -0.2) is 88.5 Å². The Hall–Kier alpha value is -2.99. The number of nitrogens with one attached hydrogen (secondary N) is 1. The third-order valence-electron chi connectivity index (χ3n) is 6.36. The molecule has 11 heteroatoms. The van der Waals surface area contributed by atoms with Crippen molar-refractivity contribution in [2.24, 2.45) is 0 Å². The van der Waals surface area contributed by atoms with Crippen molar-refractivity contribution in [3.05, 3.63) is 48.0 Å². The molecule has 0 saturated carbocycles. The number of hydrogen-bond donors (Lipinski definition) is 1. The van der Waals surface area contributed by atoms with Crippen LogP contribution in [0.1, 0.15) is 24.2 Å². The van der Waals surface area contributed by atoms with Crippen LogP contribution in [-0.2, 0) is 19.6 Å². The number of morpholine rings is 1. The van der Waals surface area contributed by atoms with Gasteiger partial charge in [-0.15, -0.1) is 0 Å². The molecule has 1 saturated heterocycles. The summed E-state index contributed by atoms with van der Waals surface area (Å²) >= 11 is 0. The maximum Gasteiger partial charge on any atom is 0.265 e. The lowest BCUT2D eigenvalue weighted by molar-refractivity contribution is -0.121. The second-order valence-corrected chi connectivity index (χ2v) is 10.5. The number of anilines is 2. The third-order valence-corrected chi connectivity index (χ3v) is 8.43. The van der Waals surface area contributed by atoms with E-state index in [0.29, 0.717) is 55.5 Å². The predicted octanol–water partition coefficient (Wildman–Crippen LogP) is 2.03. The monoisotopic (exact) mass is 516 g/mol. The molecule has 0 atom stereocenters. The van der Waals surface area contributed by atoms with Crippen LogP contribution >= 0.6 is 0 Å². The van der Waals surface area contributed by atoms with E-state index in [1.54, 1.807) is 36.9 Å². The summed E-state index contributed by atoms with van der Waals surface area (Å²) < 4.78 is 37.7. The summed E-state index contributed by atoms with van der Waals surface area (Å²) in [6.45, 7) is 8.63. The number of ether oxygens (including phenoxy) is 2. The molecule has 10 nitrogen and oxygen atoms in total. The Morgan fingerprint density at radius 2 is 1.72 bits per heavy atom. The Morgan fingerprint density at radius 3 is 2.39 bits per heavy atom. The molecular formula is C25H32N4O6S. The van der Waals surface area contributed by atoms with Crippen LogP contribution in [0.5, 0.6) is 5.75 Å². The molecule has 1 N–H and O–H groups in total. The summed E-state index contributed by atoms with van der Waals surface area (Å²) in [5.74, 6) is 0.0418. The minimum Gasteiger partial charge on any atom is -0.481 e. The van der Waals surface area contributed by atoms with Gasteiger partial charge in [0.15, 0.2) is 6.61 Å². The van der Waals surface area contributed by atoms with Gasteiger partial charge in [-0.25, -0.2) is 8.42 Å². The molecule has 2 aromatic rings. The van der Waals surface area contributed by atoms with Crippen LogP contribution in [0.2, 0.25) is 0 Å². The smallest absolute Gasteiger partial charge is 0.265 e. The summed E-state index contributed by atoms with van der Waals surface area (Å²) in [6, 6.07) is 11.0. The molecule has 0 aliphatic carbocycles. The molecule has 2 aliphatic heterocycles. The van der Waals surface area contributed by atoms with Crippen molar-refractivity contribution < 1.29 is 27.5 Å². The minimum absolute atomic E-state index is 0.0595. The topological polar surface area (TPSA) is 108 Å². The van der Waals surface area contributed by atoms with E-state index in [1.807, 2.05) is 0 Å². The number of rotatable bonds is 9. The van der Waals surface area contributed by atoms with Crippen molar-refractivity contribution in [1.29, 1.82) is 0 Å². The molecule has 1 fully saturated rings. The SMILES string of the molecule is CCN(CC)S(=O)(=O)c1ccc(C(=O)Nc2ccc3c(c2)OCC(=O)N3CCN2CCOCC2)cc1. The number of hydrogen-bond acceptors (Lipinski definition) is 7. The van der Waals surface area contributed by atoms with Gasteiger partial charge < -0.3 is 19.7 Å². The van der Waals surface area contributed by atoms with Crippen molar-refractivity contribution in [2.45, 2.75) is 18.7 Å². The highest BCUT2D eigenvalue weighted by atomic mass is 32.2. The molecule has 4 rings (SSSR count). The first kappa shape index (κ1) is 26.1. The Morgan fingerprint density at radius 1 is 1.03 bits per heavy atom. The fourth-order valence-corrected chi connectivity index (χ4v) is 5.75. The molecule has 2 aromatic carbocycles. The van der Waals surface area contributed by atoms with Crippen LogP contribution in [0.15, 0.2) is 47.4 Å². The zero-order chi connectivity index (χ0) is 25.7. The molecule has 0 bridgehead atoms. The second kappa shape index (κ2) is 11.4. The van der Waals surface area contributed by atoms with E-state index >= 15 is 0 Å². The Balaban J connectivity index is 1.43. The molecule has 0 radical (unpaired) electrons. The summed E-state index contributed by atoms with van der Waals surface area (Å²) in [5, 5.41) is 2.82. The average Bonchev–Trinajstić information content (AvgIpc) is 2.89. The first-order chi connectivity index (χ1) is 17.3. The molecule has 2 heterocycles. The normalized spacial score (nSPS) is 16.5. The van der Waals surface area contributed by atoms with Crippen LogP contribution in [0, 0.1) is 0 Å². The number of carbonyl (C=O) groups excluding carboxylic acids is 2. The van der Waals surface area contributed by atoms with Gasteiger partial charge in [0.1, 0.15) is 5.75 Å². The van der Waals surface area contributed by atoms with E-state index in [0.717, 1.165) is 19.6 Å². The Labute approximate surface area is 211 Å². The van der Waals surface area contributed by atoms with Crippen LogP contribution in [0.3, 0.4) is 0 Å². The first-order valence-corrected chi connectivity index (χ1v) is 13.6. The lowest BCUT2D eigenvalue weighted by Crippen LogP contribution is -2.45. The van der Waals surface area contributed by atoms with E-state index in [2.05, 4.69) is 10.2 Å². The van der Waals surface area contributed by atoms with Crippen molar-refractivity contribution in [1.82, 2.24) is 9.21 Å². The zero-order valence-electron chi connectivity index (χ0n) is 20.6. The molecule has 2 aliphatic rings. The standard InChI is InChI=1S/C25H32N4O6S/c1-3-28(4-2)36(32,33)21-8-5-19(6-9-21)25(31)26-20-7-10-22-23(17-20)35-18-24(30)29(22)12-11-27-13-15-34-16-14-27/h5-10,17H,3-4,11-16,18H2,1-2H3,(H,26,31). The van der Waals surface area contributed by atoms with Crippen molar-refractivity contribution in [2.75, 3.05) is 69.3 Å². The summed E-state index contributed by atoms with van der Waals surface area (Å²) in [6.07, 6.45) is 0. The largest absolute Gasteiger partial charge is 0.481 e. The summed E-state index contributed by atoms with van der Waals surface area (Å²) in [7, 11) is -3.59. The second-order valence-electron chi connectivity index (χ2n) is 8.54. The van der Waals surface area contributed by atoms with E-state index < -0.39 is 10.0 Å². The van der Waals surface area contributed by atoms with E-state index in [-0.39, 0.29) is 23.3 Å².